The van der Waals surface area contributed by atoms with E-state index in [9.17, 15) is 0 Å². The second kappa shape index (κ2) is 6.09. The fourth-order valence-corrected chi connectivity index (χ4v) is 1.97. The molecule has 0 fully saturated rings. The molecule has 0 saturated carbocycles. The van der Waals surface area contributed by atoms with Crippen molar-refractivity contribution in [3.8, 4) is 5.75 Å². The minimum atomic E-state index is 0.682. The lowest BCUT2D eigenvalue weighted by atomic mass is 10.3. The topological polar surface area (TPSA) is 9.23 Å². The number of hydrogen-bond acceptors (Lipinski definition) is 1. The molecule has 13 heavy (non-hydrogen) atoms. The summed E-state index contributed by atoms with van der Waals surface area (Å²) in [4.78, 5) is 0. The van der Waals surface area contributed by atoms with Crippen LogP contribution < -0.4 is 4.74 Å². The molecule has 0 spiro atoms. The predicted molar refractivity (Wildman–Crippen MR) is 68.1 cm³/mol. The fourth-order valence-electron chi connectivity index (χ4n) is 0.829. The van der Waals surface area contributed by atoms with Crippen molar-refractivity contribution < 1.29 is 4.74 Å². The monoisotopic (exact) mass is 374 g/mol. The Balaban J connectivity index is 2.56. The highest BCUT2D eigenvalue weighted by Crippen LogP contribution is 2.26. The summed E-state index contributed by atoms with van der Waals surface area (Å²) in [5, 5.41) is 1.64. The first kappa shape index (κ1) is 11.6. The molecule has 0 bridgehead atoms. The van der Waals surface area contributed by atoms with Gasteiger partial charge < -0.3 is 4.74 Å². The Hall–Kier alpha value is 0.520. The van der Waals surface area contributed by atoms with Crippen LogP contribution >= 0.6 is 50.1 Å². The molecule has 0 unspecified atom stereocenters. The van der Waals surface area contributed by atoms with Crippen LogP contribution in [0.5, 0.6) is 5.75 Å². The summed E-state index contributed by atoms with van der Waals surface area (Å²) >= 11 is 11.5. The van der Waals surface area contributed by atoms with E-state index >= 15 is 0 Å². The van der Waals surface area contributed by atoms with E-state index < -0.39 is 0 Å². The van der Waals surface area contributed by atoms with Gasteiger partial charge in [-0.1, -0.05) is 27.5 Å². The molecule has 0 amide bonds. The molecule has 0 aliphatic rings. The Bertz CT molecular complexity index is 280. The third-order valence-electron chi connectivity index (χ3n) is 1.43. The van der Waals surface area contributed by atoms with Crippen LogP contribution in [-0.4, -0.2) is 11.9 Å². The van der Waals surface area contributed by atoms with Gasteiger partial charge in [-0.15, -0.1) is 0 Å². The van der Waals surface area contributed by atoms with Gasteiger partial charge in [0, 0.05) is 8.90 Å². The van der Waals surface area contributed by atoms with Crippen molar-refractivity contribution in [2.24, 2.45) is 0 Å². The third-order valence-corrected chi connectivity index (χ3v) is 2.96. The van der Waals surface area contributed by atoms with Crippen LogP contribution in [-0.2, 0) is 0 Å². The highest BCUT2D eigenvalue weighted by molar-refractivity contribution is 14.1. The van der Waals surface area contributed by atoms with Crippen molar-refractivity contribution in [2.75, 3.05) is 11.9 Å². The first-order valence-corrected chi connectivity index (χ1v) is 6.45. The molecule has 1 rings (SSSR count). The molecule has 0 N–H and O–H groups in total. The summed E-state index contributed by atoms with van der Waals surface area (Å²) in [5.74, 6) is 0.767. The van der Waals surface area contributed by atoms with Crippen molar-refractivity contribution in [1.29, 1.82) is 0 Å². The summed E-state index contributed by atoms with van der Waals surface area (Å²) < 4.78 is 6.59. The fraction of sp³-hybridized carbons (Fsp3) is 0.333. The van der Waals surface area contributed by atoms with E-state index in [1.54, 1.807) is 0 Å². The van der Waals surface area contributed by atoms with Gasteiger partial charge in [0.25, 0.3) is 0 Å². The molecule has 0 radical (unpaired) electrons. The van der Waals surface area contributed by atoms with Crippen LogP contribution in [0.25, 0.3) is 0 Å². The normalized spacial score (nSPS) is 10.1. The molecule has 0 heterocycles. The van der Waals surface area contributed by atoms with Gasteiger partial charge in [-0.2, -0.15) is 0 Å². The Morgan fingerprint density at radius 3 is 2.85 bits per heavy atom. The zero-order valence-corrected chi connectivity index (χ0v) is 11.4. The zero-order valence-electron chi connectivity index (χ0n) is 6.90. The van der Waals surface area contributed by atoms with Gasteiger partial charge in [0.2, 0.25) is 0 Å². The maximum Gasteiger partial charge on any atom is 0.137 e. The van der Waals surface area contributed by atoms with Crippen LogP contribution in [0, 0.1) is 3.57 Å². The van der Waals surface area contributed by atoms with E-state index in [2.05, 4.69) is 38.5 Å². The molecule has 0 aliphatic carbocycles. The van der Waals surface area contributed by atoms with E-state index in [0.29, 0.717) is 11.6 Å². The molecule has 1 aromatic rings. The van der Waals surface area contributed by atoms with Gasteiger partial charge in [-0.25, -0.2) is 0 Å². The summed E-state index contributed by atoms with van der Waals surface area (Å²) in [6.07, 6.45) is 0.988. The highest BCUT2D eigenvalue weighted by atomic mass is 127. The largest absolute Gasteiger partial charge is 0.492 e. The van der Waals surface area contributed by atoms with Gasteiger partial charge in [0.1, 0.15) is 5.75 Å². The van der Waals surface area contributed by atoms with Gasteiger partial charge in [-0.05, 0) is 47.2 Å². The minimum absolute atomic E-state index is 0.682. The highest BCUT2D eigenvalue weighted by Gasteiger charge is 2.00. The summed E-state index contributed by atoms with van der Waals surface area (Å²) in [7, 11) is 0. The first-order chi connectivity index (χ1) is 6.24. The molecule has 0 atom stereocenters. The lowest BCUT2D eigenvalue weighted by Crippen LogP contribution is -1.98. The Morgan fingerprint density at radius 2 is 2.23 bits per heavy atom. The number of halogens is 3. The Kier molecular flexibility index (Phi) is 5.43. The SMILES string of the molecule is Clc1cc(I)ccc1OCCCBr. The summed E-state index contributed by atoms with van der Waals surface area (Å²) in [5.41, 5.74) is 0. The number of hydrogen-bond donors (Lipinski definition) is 0. The summed E-state index contributed by atoms with van der Waals surface area (Å²) in [6, 6.07) is 5.78. The van der Waals surface area contributed by atoms with E-state index in [4.69, 9.17) is 16.3 Å². The molecule has 4 heteroatoms. The predicted octanol–water partition coefficient (Wildman–Crippen LogP) is 4.11. The van der Waals surface area contributed by atoms with Crippen LogP contribution in [0.1, 0.15) is 6.42 Å². The third kappa shape index (κ3) is 4.04. The molecule has 0 aliphatic heterocycles. The van der Waals surface area contributed by atoms with Crippen molar-refractivity contribution in [1.82, 2.24) is 0 Å². The first-order valence-electron chi connectivity index (χ1n) is 3.88. The lowest BCUT2D eigenvalue weighted by Gasteiger charge is -2.06. The number of rotatable bonds is 4. The molecule has 1 nitrogen and oxygen atoms in total. The van der Waals surface area contributed by atoms with Gasteiger partial charge >= 0.3 is 0 Å². The Labute approximate surface area is 105 Å². The molecular weight excluding hydrogens is 366 g/mol. The van der Waals surface area contributed by atoms with Crippen LogP contribution in [0.3, 0.4) is 0 Å². The maximum atomic E-state index is 5.97. The van der Waals surface area contributed by atoms with E-state index in [1.807, 2.05) is 18.2 Å². The van der Waals surface area contributed by atoms with Crippen molar-refractivity contribution in [3.63, 3.8) is 0 Å². The molecule has 0 saturated heterocycles. The van der Waals surface area contributed by atoms with Crippen molar-refractivity contribution in [2.45, 2.75) is 6.42 Å². The molecule has 72 valence electrons. The smallest absolute Gasteiger partial charge is 0.137 e. The second-order valence-corrected chi connectivity index (χ2v) is 4.91. The maximum absolute atomic E-state index is 5.97. The standard InChI is InChI=1S/C9H9BrClIO/c10-4-1-5-13-9-3-2-7(12)6-8(9)11/h2-3,6H,1,4-5H2. The summed E-state index contributed by atoms with van der Waals surface area (Å²) in [6.45, 7) is 0.700. The minimum Gasteiger partial charge on any atom is -0.492 e. The average Bonchev–Trinajstić information content (AvgIpc) is 2.09. The van der Waals surface area contributed by atoms with Gasteiger partial charge in [0.15, 0.2) is 0 Å². The number of alkyl halides is 1. The van der Waals surface area contributed by atoms with Crippen molar-refractivity contribution >= 4 is 50.1 Å². The van der Waals surface area contributed by atoms with E-state index in [1.165, 1.54) is 0 Å². The van der Waals surface area contributed by atoms with Crippen LogP contribution in [0.4, 0.5) is 0 Å². The zero-order chi connectivity index (χ0) is 9.68. The average molecular weight is 375 g/mol. The molecule has 0 aromatic heterocycles. The number of ether oxygens (including phenoxy) is 1. The van der Waals surface area contributed by atoms with Crippen LogP contribution in [0.2, 0.25) is 5.02 Å². The van der Waals surface area contributed by atoms with Gasteiger partial charge in [0.05, 0.1) is 11.6 Å². The molecular formula is C9H9BrClIO. The van der Waals surface area contributed by atoms with E-state index in [0.717, 1.165) is 21.1 Å². The van der Waals surface area contributed by atoms with Crippen molar-refractivity contribution in [3.05, 3.63) is 26.8 Å². The van der Waals surface area contributed by atoms with Crippen LogP contribution in [0.15, 0.2) is 18.2 Å². The Morgan fingerprint density at radius 1 is 1.46 bits per heavy atom. The lowest BCUT2D eigenvalue weighted by molar-refractivity contribution is 0.319. The second-order valence-electron chi connectivity index (χ2n) is 2.47. The van der Waals surface area contributed by atoms with E-state index in [-0.39, 0.29) is 0 Å². The molecule has 1 aromatic carbocycles. The quantitative estimate of drug-likeness (QED) is 0.437. The number of benzene rings is 1. The van der Waals surface area contributed by atoms with Gasteiger partial charge in [-0.3, -0.25) is 0 Å².